The molecular weight excluding hydrogens is 174 g/mol. The molecule has 1 N–H and O–H groups in total. The van der Waals surface area contributed by atoms with E-state index in [-0.39, 0.29) is 0 Å². The van der Waals surface area contributed by atoms with Crippen LogP contribution >= 0.6 is 0 Å². The lowest BCUT2D eigenvalue weighted by Crippen LogP contribution is -2.42. The molecule has 0 spiro atoms. The van der Waals surface area contributed by atoms with E-state index in [4.69, 9.17) is 4.74 Å². The molecular formula is C12H23NO. The quantitative estimate of drug-likeness (QED) is 0.730. The summed E-state index contributed by atoms with van der Waals surface area (Å²) in [4.78, 5) is 0. The van der Waals surface area contributed by atoms with E-state index in [0.717, 1.165) is 13.2 Å². The van der Waals surface area contributed by atoms with E-state index < -0.39 is 0 Å². The summed E-state index contributed by atoms with van der Waals surface area (Å²) in [7, 11) is 0. The van der Waals surface area contributed by atoms with Gasteiger partial charge in [0.2, 0.25) is 0 Å². The highest BCUT2D eigenvalue weighted by Crippen LogP contribution is 2.45. The molecule has 2 heteroatoms. The van der Waals surface area contributed by atoms with E-state index in [2.05, 4.69) is 12.2 Å². The van der Waals surface area contributed by atoms with Crippen molar-refractivity contribution in [2.24, 2.45) is 5.41 Å². The molecule has 1 unspecified atom stereocenters. The highest BCUT2D eigenvalue weighted by atomic mass is 16.5. The summed E-state index contributed by atoms with van der Waals surface area (Å²) in [6.45, 7) is 5.51. The monoisotopic (exact) mass is 197 g/mol. The van der Waals surface area contributed by atoms with Crippen LogP contribution in [0.1, 0.15) is 45.4 Å². The third-order valence-corrected chi connectivity index (χ3v) is 3.85. The Labute approximate surface area is 87.4 Å². The van der Waals surface area contributed by atoms with Crippen LogP contribution in [0.25, 0.3) is 0 Å². The molecule has 1 heterocycles. The van der Waals surface area contributed by atoms with Crippen LogP contribution in [0.2, 0.25) is 0 Å². The van der Waals surface area contributed by atoms with E-state index in [1.807, 2.05) is 0 Å². The molecule has 14 heavy (non-hydrogen) atoms. The standard InChI is InChI=1S/C12H23NO/c1-2-13-10-12(6-4-7-12)9-11-5-3-8-14-11/h11,13H,2-10H2,1H3. The minimum atomic E-state index is 0.578. The van der Waals surface area contributed by atoms with Crippen molar-refractivity contribution in [2.45, 2.75) is 51.6 Å². The zero-order valence-corrected chi connectivity index (χ0v) is 9.35. The van der Waals surface area contributed by atoms with Gasteiger partial charge in [0.05, 0.1) is 6.10 Å². The molecule has 2 fully saturated rings. The van der Waals surface area contributed by atoms with Gasteiger partial charge in [-0.25, -0.2) is 0 Å². The second-order valence-corrected chi connectivity index (χ2v) is 4.97. The minimum Gasteiger partial charge on any atom is -0.378 e. The lowest BCUT2D eigenvalue weighted by Gasteiger charge is -2.43. The normalized spacial score (nSPS) is 30.2. The summed E-state index contributed by atoms with van der Waals surface area (Å²) in [5.74, 6) is 0. The molecule has 0 aromatic rings. The first-order valence-corrected chi connectivity index (χ1v) is 6.17. The Hall–Kier alpha value is -0.0800. The summed E-state index contributed by atoms with van der Waals surface area (Å²) < 4.78 is 5.74. The van der Waals surface area contributed by atoms with E-state index in [1.165, 1.54) is 45.1 Å². The Bertz CT molecular complexity index is 171. The van der Waals surface area contributed by atoms with Gasteiger partial charge in [-0.05, 0) is 44.1 Å². The number of hydrogen-bond acceptors (Lipinski definition) is 2. The van der Waals surface area contributed by atoms with Crippen molar-refractivity contribution >= 4 is 0 Å². The van der Waals surface area contributed by atoms with Gasteiger partial charge in [0, 0.05) is 13.2 Å². The molecule has 0 radical (unpaired) electrons. The summed E-state index contributed by atoms with van der Waals surface area (Å²) in [5.41, 5.74) is 0.602. The van der Waals surface area contributed by atoms with Crippen molar-refractivity contribution in [1.82, 2.24) is 5.32 Å². The van der Waals surface area contributed by atoms with Crippen molar-refractivity contribution < 1.29 is 4.74 Å². The zero-order valence-electron chi connectivity index (χ0n) is 9.35. The van der Waals surface area contributed by atoms with E-state index in [9.17, 15) is 0 Å². The summed E-state index contributed by atoms with van der Waals surface area (Å²) in [6, 6.07) is 0. The summed E-state index contributed by atoms with van der Waals surface area (Å²) in [5, 5.41) is 3.51. The van der Waals surface area contributed by atoms with Gasteiger partial charge < -0.3 is 10.1 Å². The minimum absolute atomic E-state index is 0.578. The molecule has 2 rings (SSSR count). The average Bonchev–Trinajstić information content (AvgIpc) is 2.62. The van der Waals surface area contributed by atoms with Crippen LogP contribution < -0.4 is 5.32 Å². The number of rotatable bonds is 5. The maximum absolute atomic E-state index is 5.74. The second-order valence-electron chi connectivity index (χ2n) is 4.97. The first-order chi connectivity index (χ1) is 6.85. The average molecular weight is 197 g/mol. The highest BCUT2D eigenvalue weighted by Gasteiger charge is 2.39. The van der Waals surface area contributed by atoms with Crippen LogP contribution in [-0.4, -0.2) is 25.8 Å². The third-order valence-electron chi connectivity index (χ3n) is 3.85. The van der Waals surface area contributed by atoms with Gasteiger partial charge in [0.25, 0.3) is 0 Å². The van der Waals surface area contributed by atoms with Gasteiger partial charge in [-0.3, -0.25) is 0 Å². The lowest BCUT2D eigenvalue weighted by molar-refractivity contribution is 0.0222. The molecule has 2 nitrogen and oxygen atoms in total. The van der Waals surface area contributed by atoms with Crippen molar-refractivity contribution in [3.63, 3.8) is 0 Å². The highest BCUT2D eigenvalue weighted by molar-refractivity contribution is 4.92. The van der Waals surface area contributed by atoms with Crippen LogP contribution in [-0.2, 0) is 4.74 Å². The number of ether oxygens (including phenoxy) is 1. The van der Waals surface area contributed by atoms with Gasteiger partial charge in [-0.2, -0.15) is 0 Å². The van der Waals surface area contributed by atoms with Crippen molar-refractivity contribution in [2.75, 3.05) is 19.7 Å². The molecule has 0 amide bonds. The van der Waals surface area contributed by atoms with Crippen molar-refractivity contribution in [1.29, 1.82) is 0 Å². The number of hydrogen-bond donors (Lipinski definition) is 1. The fraction of sp³-hybridized carbons (Fsp3) is 1.00. The van der Waals surface area contributed by atoms with Crippen LogP contribution in [0.5, 0.6) is 0 Å². The topological polar surface area (TPSA) is 21.3 Å². The van der Waals surface area contributed by atoms with Gasteiger partial charge >= 0.3 is 0 Å². The lowest BCUT2D eigenvalue weighted by atomic mass is 9.65. The zero-order chi connectivity index (χ0) is 9.86. The molecule has 2 aliphatic rings. The second kappa shape index (κ2) is 4.63. The fourth-order valence-electron chi connectivity index (χ4n) is 2.81. The molecule has 1 atom stereocenters. The Balaban J connectivity index is 1.78. The maximum atomic E-state index is 5.74. The Morgan fingerprint density at radius 1 is 1.36 bits per heavy atom. The molecule has 82 valence electrons. The van der Waals surface area contributed by atoms with Gasteiger partial charge in [0.15, 0.2) is 0 Å². The first kappa shape index (κ1) is 10.4. The Kier molecular flexibility index (Phi) is 3.45. The number of nitrogens with one attached hydrogen (secondary N) is 1. The maximum Gasteiger partial charge on any atom is 0.0581 e. The molecule has 1 saturated carbocycles. The smallest absolute Gasteiger partial charge is 0.0581 e. The molecule has 1 aliphatic carbocycles. The Morgan fingerprint density at radius 2 is 2.21 bits per heavy atom. The van der Waals surface area contributed by atoms with E-state index in [0.29, 0.717) is 11.5 Å². The van der Waals surface area contributed by atoms with Crippen LogP contribution in [0, 0.1) is 5.41 Å². The predicted molar refractivity (Wildman–Crippen MR) is 58.4 cm³/mol. The summed E-state index contributed by atoms with van der Waals surface area (Å²) >= 11 is 0. The molecule has 1 saturated heterocycles. The molecule has 0 bridgehead atoms. The van der Waals surface area contributed by atoms with Crippen LogP contribution in [0.15, 0.2) is 0 Å². The SMILES string of the molecule is CCNCC1(CC2CCCO2)CCC1. The van der Waals surface area contributed by atoms with Crippen molar-refractivity contribution in [3.05, 3.63) is 0 Å². The van der Waals surface area contributed by atoms with Gasteiger partial charge in [0.1, 0.15) is 0 Å². The predicted octanol–water partition coefficient (Wildman–Crippen LogP) is 2.34. The van der Waals surface area contributed by atoms with Crippen LogP contribution in [0.3, 0.4) is 0 Å². The van der Waals surface area contributed by atoms with Crippen LogP contribution in [0.4, 0.5) is 0 Å². The molecule has 0 aromatic heterocycles. The van der Waals surface area contributed by atoms with E-state index in [1.54, 1.807) is 0 Å². The molecule has 1 aliphatic heterocycles. The Morgan fingerprint density at radius 3 is 2.71 bits per heavy atom. The van der Waals surface area contributed by atoms with Gasteiger partial charge in [-0.15, -0.1) is 0 Å². The third kappa shape index (κ3) is 2.29. The van der Waals surface area contributed by atoms with E-state index >= 15 is 0 Å². The fourth-order valence-corrected chi connectivity index (χ4v) is 2.81. The first-order valence-electron chi connectivity index (χ1n) is 6.17. The van der Waals surface area contributed by atoms with Gasteiger partial charge in [-0.1, -0.05) is 13.3 Å². The summed E-state index contributed by atoms with van der Waals surface area (Å²) in [6.07, 6.45) is 8.72. The largest absolute Gasteiger partial charge is 0.378 e. The van der Waals surface area contributed by atoms with Crippen molar-refractivity contribution in [3.8, 4) is 0 Å². The molecule has 0 aromatic carbocycles.